The topological polar surface area (TPSA) is 179 Å². The summed E-state index contributed by atoms with van der Waals surface area (Å²) in [7, 11) is 1.21. The van der Waals surface area contributed by atoms with Crippen LogP contribution in [0.25, 0.3) is 11.3 Å². The summed E-state index contributed by atoms with van der Waals surface area (Å²) >= 11 is 0. The Hall–Kier alpha value is -4.97. The summed E-state index contributed by atoms with van der Waals surface area (Å²) < 4.78 is 4.75. The first kappa shape index (κ1) is 39.5. The van der Waals surface area contributed by atoms with E-state index >= 15 is 0 Å². The third-order valence-electron chi connectivity index (χ3n) is 8.33. The Kier molecular flexibility index (Phi) is 13.9. The predicted molar refractivity (Wildman–Crippen MR) is 191 cm³/mol. The molecule has 3 aromatic rings. The number of pyridine rings is 1. The van der Waals surface area contributed by atoms with Crippen LogP contribution in [-0.2, 0) is 27.2 Å². The molecule has 2 aromatic carbocycles. The zero-order valence-corrected chi connectivity index (χ0v) is 29.9. The maximum absolute atomic E-state index is 13.7. The summed E-state index contributed by atoms with van der Waals surface area (Å²) in [5.74, 6) is -1.05. The lowest BCUT2D eigenvalue weighted by Crippen LogP contribution is -2.59. The summed E-state index contributed by atoms with van der Waals surface area (Å²) in [6, 6.07) is 19.1. The van der Waals surface area contributed by atoms with Crippen molar-refractivity contribution in [1.29, 1.82) is 0 Å². The van der Waals surface area contributed by atoms with E-state index in [9.17, 15) is 29.4 Å². The highest BCUT2D eigenvalue weighted by Crippen LogP contribution is 2.23. The largest absolute Gasteiger partial charge is 0.465 e. The van der Waals surface area contributed by atoms with E-state index in [4.69, 9.17) is 4.74 Å². The van der Waals surface area contributed by atoms with Gasteiger partial charge in [-0.3, -0.25) is 14.6 Å². The van der Waals surface area contributed by atoms with E-state index in [0.29, 0.717) is 6.42 Å². The number of ether oxygens (including phenoxy) is 1. The van der Waals surface area contributed by atoms with Gasteiger partial charge in [0.25, 0.3) is 0 Å². The lowest BCUT2D eigenvalue weighted by atomic mass is 9.85. The molecule has 50 heavy (non-hydrogen) atoms. The number of carbonyl (C=O) groups is 4. The van der Waals surface area contributed by atoms with Crippen molar-refractivity contribution in [3.05, 3.63) is 90.1 Å². The minimum Gasteiger partial charge on any atom is -0.465 e. The molecule has 5 atom stereocenters. The van der Waals surface area contributed by atoms with E-state index in [1.807, 2.05) is 72.8 Å². The van der Waals surface area contributed by atoms with Crippen molar-refractivity contribution < 1.29 is 34.1 Å². The Morgan fingerprint density at radius 2 is 1.28 bits per heavy atom. The molecule has 0 saturated heterocycles. The molecular formula is C38H51N5O7. The number of benzene rings is 2. The van der Waals surface area contributed by atoms with Crippen molar-refractivity contribution in [2.24, 2.45) is 10.8 Å². The summed E-state index contributed by atoms with van der Waals surface area (Å²) in [5, 5.41) is 32.2. The van der Waals surface area contributed by atoms with Gasteiger partial charge >= 0.3 is 12.2 Å². The number of nitrogens with one attached hydrogen (secondary N) is 4. The highest BCUT2D eigenvalue weighted by Gasteiger charge is 2.37. The average molecular weight is 690 g/mol. The first-order valence-electron chi connectivity index (χ1n) is 16.6. The Bertz CT molecular complexity index is 1550. The van der Waals surface area contributed by atoms with Gasteiger partial charge in [0.15, 0.2) is 0 Å². The third-order valence-corrected chi connectivity index (χ3v) is 8.33. The second-order valence-electron chi connectivity index (χ2n) is 14.6. The SMILES string of the molecule is COC(=O)NC(C(=O)N[C@@H](Cc1ccccc1)[C@@H](O)C[C@@H](Cc1ccc(-c2ccccn2)cc1)NC(=O)[C@@H](NC(=O)O)C(C)(C)C)C(C)(C)C. The molecule has 0 fully saturated rings. The van der Waals surface area contributed by atoms with Gasteiger partial charge in [0.05, 0.1) is 24.9 Å². The number of amides is 4. The van der Waals surface area contributed by atoms with Crippen molar-refractivity contribution in [2.45, 2.75) is 91.1 Å². The molecule has 0 spiro atoms. The van der Waals surface area contributed by atoms with Crippen molar-refractivity contribution >= 4 is 24.0 Å². The summed E-state index contributed by atoms with van der Waals surface area (Å²) in [4.78, 5) is 55.6. The molecule has 4 amide bonds. The molecule has 0 saturated carbocycles. The Morgan fingerprint density at radius 3 is 1.82 bits per heavy atom. The smallest absolute Gasteiger partial charge is 0.407 e. The molecule has 0 radical (unpaired) electrons. The number of aliphatic hydroxyl groups is 1. The molecule has 1 aromatic heterocycles. The fourth-order valence-corrected chi connectivity index (χ4v) is 5.63. The zero-order chi connectivity index (χ0) is 37.1. The lowest BCUT2D eigenvalue weighted by molar-refractivity contribution is -0.128. The molecule has 270 valence electrons. The van der Waals surface area contributed by atoms with E-state index in [1.165, 1.54) is 7.11 Å². The molecule has 12 nitrogen and oxygen atoms in total. The third kappa shape index (κ3) is 12.2. The zero-order valence-electron chi connectivity index (χ0n) is 29.9. The number of hydrogen-bond acceptors (Lipinski definition) is 7. The predicted octanol–water partition coefficient (Wildman–Crippen LogP) is 4.71. The Labute approximate surface area is 294 Å². The van der Waals surface area contributed by atoms with Crippen molar-refractivity contribution in [3.63, 3.8) is 0 Å². The standard InChI is InChI=1S/C38H51N5O7/c1-37(2,3)31(42-35(47)48)33(45)40-27(21-25-16-18-26(19-17-25)28-15-11-12-20-39-28)23-30(44)29(22-24-13-9-8-10-14-24)41-34(46)32(38(4,5)6)43-36(49)50-7/h8-20,27,29-32,42,44H,21-23H2,1-7H3,(H,40,45)(H,41,46)(H,43,49)(H,47,48)/t27-,29+,30+,31-,32?/m1/s1. The van der Waals surface area contributed by atoms with Gasteiger partial charge in [-0.15, -0.1) is 0 Å². The van der Waals surface area contributed by atoms with Gasteiger partial charge < -0.3 is 36.2 Å². The summed E-state index contributed by atoms with van der Waals surface area (Å²) in [6.45, 7) is 10.7. The van der Waals surface area contributed by atoms with E-state index in [0.717, 1.165) is 22.4 Å². The molecule has 6 N–H and O–H groups in total. The van der Waals surface area contributed by atoms with Gasteiger partial charge in [-0.1, -0.05) is 102 Å². The maximum Gasteiger partial charge on any atom is 0.407 e. The molecule has 1 heterocycles. The lowest BCUT2D eigenvalue weighted by Gasteiger charge is -2.34. The first-order valence-corrected chi connectivity index (χ1v) is 16.6. The monoisotopic (exact) mass is 689 g/mol. The number of alkyl carbamates (subject to hydrolysis) is 1. The van der Waals surface area contributed by atoms with E-state index in [1.54, 1.807) is 47.7 Å². The van der Waals surface area contributed by atoms with Gasteiger partial charge in [-0.2, -0.15) is 0 Å². The van der Waals surface area contributed by atoms with Crippen molar-refractivity contribution in [3.8, 4) is 11.3 Å². The second kappa shape index (κ2) is 17.6. The number of aliphatic hydroxyl groups excluding tert-OH is 1. The highest BCUT2D eigenvalue weighted by atomic mass is 16.5. The molecule has 0 aliphatic carbocycles. The number of hydrogen-bond donors (Lipinski definition) is 6. The molecule has 0 aliphatic rings. The molecule has 1 unspecified atom stereocenters. The number of carbonyl (C=O) groups excluding carboxylic acids is 3. The normalized spacial score (nSPS) is 14.6. The minimum atomic E-state index is -1.33. The van der Waals surface area contributed by atoms with E-state index in [-0.39, 0.29) is 12.8 Å². The van der Waals surface area contributed by atoms with Crippen LogP contribution >= 0.6 is 0 Å². The highest BCUT2D eigenvalue weighted by molar-refractivity contribution is 5.87. The van der Waals surface area contributed by atoms with Crippen LogP contribution in [0.1, 0.15) is 59.1 Å². The fraction of sp³-hybridized carbons (Fsp3) is 0.447. The van der Waals surface area contributed by atoms with Crippen LogP contribution < -0.4 is 21.3 Å². The number of methoxy groups -OCH3 is 1. The molecule has 0 bridgehead atoms. The first-order chi connectivity index (χ1) is 23.5. The minimum absolute atomic E-state index is 0.0139. The second-order valence-corrected chi connectivity index (χ2v) is 14.6. The van der Waals surface area contributed by atoms with Gasteiger partial charge in [-0.05, 0) is 53.4 Å². The summed E-state index contributed by atoms with van der Waals surface area (Å²) in [5.41, 5.74) is 1.98. The molecular weight excluding hydrogens is 638 g/mol. The number of nitrogens with zero attached hydrogens (tertiary/aromatic N) is 1. The van der Waals surface area contributed by atoms with Crippen LogP contribution in [0.5, 0.6) is 0 Å². The molecule has 0 aliphatic heterocycles. The Morgan fingerprint density at radius 1 is 0.720 bits per heavy atom. The van der Waals surface area contributed by atoms with E-state index in [2.05, 4.69) is 26.3 Å². The van der Waals surface area contributed by atoms with Crippen LogP contribution in [0.4, 0.5) is 9.59 Å². The molecule has 12 heteroatoms. The van der Waals surface area contributed by atoms with Crippen LogP contribution in [-0.4, -0.2) is 76.6 Å². The van der Waals surface area contributed by atoms with Crippen LogP contribution in [0.3, 0.4) is 0 Å². The van der Waals surface area contributed by atoms with Gasteiger partial charge in [-0.25, -0.2) is 9.59 Å². The van der Waals surface area contributed by atoms with Crippen molar-refractivity contribution in [1.82, 2.24) is 26.3 Å². The van der Waals surface area contributed by atoms with Gasteiger partial charge in [0.2, 0.25) is 11.8 Å². The maximum atomic E-state index is 13.7. The van der Waals surface area contributed by atoms with Gasteiger partial charge in [0, 0.05) is 17.8 Å². The fourth-order valence-electron chi connectivity index (χ4n) is 5.63. The summed E-state index contributed by atoms with van der Waals surface area (Å²) in [6.07, 6.45) is -0.978. The van der Waals surface area contributed by atoms with Crippen LogP contribution in [0.15, 0.2) is 79.0 Å². The average Bonchev–Trinajstić information content (AvgIpc) is 3.05. The Balaban J connectivity index is 1.95. The number of carboxylic acid groups (broad SMARTS) is 1. The van der Waals surface area contributed by atoms with Crippen LogP contribution in [0.2, 0.25) is 0 Å². The van der Waals surface area contributed by atoms with Crippen molar-refractivity contribution in [2.75, 3.05) is 7.11 Å². The number of rotatable bonds is 14. The van der Waals surface area contributed by atoms with E-state index < -0.39 is 65.1 Å². The van der Waals surface area contributed by atoms with Crippen LogP contribution in [0, 0.1) is 10.8 Å². The quantitative estimate of drug-likeness (QED) is 0.141. The molecule has 3 rings (SSSR count). The van der Waals surface area contributed by atoms with Gasteiger partial charge in [0.1, 0.15) is 12.1 Å². The number of aromatic nitrogens is 1.